The first-order valence-corrected chi connectivity index (χ1v) is 6.75. The van der Waals surface area contributed by atoms with Crippen LogP contribution in [0.1, 0.15) is 16.8 Å². The Kier molecular flexibility index (Phi) is 3.44. The smallest absolute Gasteiger partial charge is 0.128 e. The van der Waals surface area contributed by atoms with Crippen LogP contribution >= 0.6 is 0 Å². The van der Waals surface area contributed by atoms with Crippen molar-refractivity contribution in [1.29, 1.82) is 0 Å². The molecule has 0 unspecified atom stereocenters. The van der Waals surface area contributed by atoms with Gasteiger partial charge in [0.1, 0.15) is 12.4 Å². The normalized spacial score (nSPS) is 10.9. The first-order valence-electron chi connectivity index (χ1n) is 6.75. The van der Waals surface area contributed by atoms with Crippen molar-refractivity contribution in [3.63, 3.8) is 0 Å². The molecule has 0 saturated carbocycles. The minimum Gasteiger partial charge on any atom is -0.487 e. The fraction of sp³-hybridized carbons (Fsp3) is 0.176. The summed E-state index contributed by atoms with van der Waals surface area (Å²) in [6.45, 7) is 3.14. The molecule has 3 rings (SSSR count). The molecule has 1 heterocycles. The highest BCUT2D eigenvalue weighted by Crippen LogP contribution is 2.21. The van der Waals surface area contributed by atoms with E-state index in [-0.39, 0.29) is 0 Å². The first kappa shape index (κ1) is 12.8. The SMILES string of the molecule is Cc1cccc(OCc2cc3c(CN)cccc3[nH]2)c1. The van der Waals surface area contributed by atoms with Crippen LogP contribution < -0.4 is 10.5 Å². The van der Waals surface area contributed by atoms with Gasteiger partial charge in [0.05, 0.1) is 5.69 Å². The van der Waals surface area contributed by atoms with E-state index in [0.29, 0.717) is 13.2 Å². The molecule has 3 aromatic rings. The van der Waals surface area contributed by atoms with Crippen LogP contribution in [0.2, 0.25) is 0 Å². The number of aromatic nitrogens is 1. The molecule has 0 amide bonds. The molecule has 0 aliphatic carbocycles. The Morgan fingerprint density at radius 2 is 1.95 bits per heavy atom. The summed E-state index contributed by atoms with van der Waals surface area (Å²) < 4.78 is 5.81. The number of nitrogens with one attached hydrogen (secondary N) is 1. The van der Waals surface area contributed by atoms with Gasteiger partial charge in [-0.05, 0) is 42.3 Å². The van der Waals surface area contributed by atoms with Gasteiger partial charge in [0.2, 0.25) is 0 Å². The number of benzene rings is 2. The standard InChI is InChI=1S/C17H18N2O/c1-12-4-2-6-15(8-12)20-11-14-9-16-13(10-18)5-3-7-17(16)19-14/h2-9,19H,10-11,18H2,1H3. The summed E-state index contributed by atoms with van der Waals surface area (Å²) in [5, 5.41) is 1.18. The van der Waals surface area contributed by atoms with Gasteiger partial charge in [0.15, 0.2) is 0 Å². The van der Waals surface area contributed by atoms with Crippen LogP contribution in [0, 0.1) is 6.92 Å². The third-order valence-corrected chi connectivity index (χ3v) is 3.41. The highest BCUT2D eigenvalue weighted by atomic mass is 16.5. The Balaban J connectivity index is 1.81. The molecule has 0 aliphatic heterocycles. The van der Waals surface area contributed by atoms with Crippen LogP contribution in [0.5, 0.6) is 5.75 Å². The Labute approximate surface area is 118 Å². The summed E-state index contributed by atoms with van der Waals surface area (Å²) >= 11 is 0. The van der Waals surface area contributed by atoms with Gasteiger partial charge in [-0.15, -0.1) is 0 Å². The average Bonchev–Trinajstić information content (AvgIpc) is 2.88. The summed E-state index contributed by atoms with van der Waals surface area (Å²) in [5.41, 5.74) is 10.3. The van der Waals surface area contributed by atoms with Gasteiger partial charge in [0, 0.05) is 17.4 Å². The second kappa shape index (κ2) is 5.39. The lowest BCUT2D eigenvalue weighted by molar-refractivity contribution is 0.302. The maximum absolute atomic E-state index is 5.81. The van der Waals surface area contributed by atoms with Crippen molar-refractivity contribution < 1.29 is 4.74 Å². The number of hydrogen-bond acceptors (Lipinski definition) is 2. The lowest BCUT2D eigenvalue weighted by Gasteiger charge is -2.05. The van der Waals surface area contributed by atoms with Crippen molar-refractivity contribution in [2.75, 3.05) is 0 Å². The van der Waals surface area contributed by atoms with Crippen LogP contribution in [-0.4, -0.2) is 4.98 Å². The number of aromatic amines is 1. The predicted octanol–water partition coefficient (Wildman–Crippen LogP) is 3.51. The van der Waals surface area contributed by atoms with Gasteiger partial charge >= 0.3 is 0 Å². The molecule has 0 spiro atoms. The Hall–Kier alpha value is -2.26. The summed E-state index contributed by atoms with van der Waals surface area (Å²) in [6, 6.07) is 16.3. The minimum absolute atomic E-state index is 0.530. The average molecular weight is 266 g/mol. The van der Waals surface area contributed by atoms with E-state index < -0.39 is 0 Å². The topological polar surface area (TPSA) is 51.0 Å². The van der Waals surface area contributed by atoms with Gasteiger partial charge in [-0.2, -0.15) is 0 Å². The molecule has 0 bridgehead atoms. The van der Waals surface area contributed by atoms with Gasteiger partial charge in [-0.25, -0.2) is 0 Å². The monoisotopic (exact) mass is 266 g/mol. The molecule has 20 heavy (non-hydrogen) atoms. The Morgan fingerprint density at radius 1 is 1.10 bits per heavy atom. The van der Waals surface area contributed by atoms with Crippen molar-refractivity contribution >= 4 is 10.9 Å². The van der Waals surface area contributed by atoms with Crippen molar-refractivity contribution in [2.24, 2.45) is 5.73 Å². The van der Waals surface area contributed by atoms with Gasteiger partial charge in [0.25, 0.3) is 0 Å². The Morgan fingerprint density at radius 3 is 2.75 bits per heavy atom. The number of aryl methyl sites for hydroxylation is 1. The molecule has 0 saturated heterocycles. The largest absolute Gasteiger partial charge is 0.487 e. The number of rotatable bonds is 4. The Bertz CT molecular complexity index is 731. The zero-order valence-corrected chi connectivity index (χ0v) is 11.5. The van der Waals surface area contributed by atoms with Gasteiger partial charge in [-0.1, -0.05) is 24.3 Å². The van der Waals surface area contributed by atoms with Crippen LogP contribution in [0.4, 0.5) is 0 Å². The molecule has 3 nitrogen and oxygen atoms in total. The number of H-pyrrole nitrogens is 1. The summed E-state index contributed by atoms with van der Waals surface area (Å²) in [5.74, 6) is 0.891. The van der Waals surface area contributed by atoms with E-state index in [2.05, 4.69) is 36.2 Å². The quantitative estimate of drug-likeness (QED) is 0.759. The molecule has 102 valence electrons. The number of ether oxygens (including phenoxy) is 1. The molecule has 1 aromatic heterocycles. The van der Waals surface area contributed by atoms with E-state index >= 15 is 0 Å². The summed E-state index contributed by atoms with van der Waals surface area (Å²) in [7, 11) is 0. The van der Waals surface area contributed by atoms with Gasteiger partial charge < -0.3 is 15.5 Å². The van der Waals surface area contributed by atoms with Crippen LogP contribution in [0.15, 0.2) is 48.5 Å². The molecule has 3 N–H and O–H groups in total. The van der Waals surface area contributed by atoms with Crippen molar-refractivity contribution in [3.05, 3.63) is 65.4 Å². The molecule has 3 heteroatoms. The maximum Gasteiger partial charge on any atom is 0.128 e. The van der Waals surface area contributed by atoms with E-state index in [4.69, 9.17) is 10.5 Å². The molecular weight excluding hydrogens is 248 g/mol. The van der Waals surface area contributed by atoms with Crippen LogP contribution in [0.3, 0.4) is 0 Å². The van der Waals surface area contributed by atoms with Gasteiger partial charge in [-0.3, -0.25) is 0 Å². The lowest BCUT2D eigenvalue weighted by Crippen LogP contribution is -1.96. The maximum atomic E-state index is 5.81. The highest BCUT2D eigenvalue weighted by Gasteiger charge is 2.05. The molecule has 2 aromatic carbocycles. The molecule has 0 fully saturated rings. The third kappa shape index (κ3) is 2.53. The van der Waals surface area contributed by atoms with Crippen molar-refractivity contribution in [3.8, 4) is 5.75 Å². The fourth-order valence-corrected chi connectivity index (χ4v) is 2.40. The van der Waals surface area contributed by atoms with Crippen LogP contribution in [-0.2, 0) is 13.2 Å². The molecule has 0 radical (unpaired) electrons. The first-order chi connectivity index (χ1) is 9.76. The van der Waals surface area contributed by atoms with E-state index in [9.17, 15) is 0 Å². The number of fused-ring (bicyclic) bond motifs is 1. The van der Waals surface area contributed by atoms with Crippen LogP contribution in [0.25, 0.3) is 10.9 Å². The van der Waals surface area contributed by atoms with Crippen molar-refractivity contribution in [2.45, 2.75) is 20.1 Å². The zero-order chi connectivity index (χ0) is 13.9. The van der Waals surface area contributed by atoms with E-state index in [1.165, 1.54) is 10.9 Å². The second-order valence-corrected chi connectivity index (χ2v) is 4.98. The van der Waals surface area contributed by atoms with E-state index in [1.54, 1.807) is 0 Å². The van der Waals surface area contributed by atoms with E-state index in [1.807, 2.05) is 24.3 Å². The predicted molar refractivity (Wildman–Crippen MR) is 81.7 cm³/mol. The second-order valence-electron chi connectivity index (χ2n) is 4.98. The summed E-state index contributed by atoms with van der Waals surface area (Å²) in [6.07, 6.45) is 0. The number of hydrogen-bond donors (Lipinski definition) is 2. The van der Waals surface area contributed by atoms with E-state index in [0.717, 1.165) is 22.5 Å². The zero-order valence-electron chi connectivity index (χ0n) is 11.5. The third-order valence-electron chi connectivity index (χ3n) is 3.41. The minimum atomic E-state index is 0.530. The molecular formula is C17H18N2O. The fourth-order valence-electron chi connectivity index (χ4n) is 2.40. The highest BCUT2D eigenvalue weighted by molar-refractivity contribution is 5.83. The molecule has 0 aliphatic rings. The lowest BCUT2D eigenvalue weighted by atomic mass is 10.1. The molecule has 0 atom stereocenters. The van der Waals surface area contributed by atoms with Crippen molar-refractivity contribution in [1.82, 2.24) is 4.98 Å². The summed E-state index contributed by atoms with van der Waals surface area (Å²) in [4.78, 5) is 3.37. The number of nitrogens with two attached hydrogens (primary N) is 1.